The first-order valence-electron chi connectivity index (χ1n) is 6.34. The summed E-state index contributed by atoms with van der Waals surface area (Å²) in [7, 11) is 1.91. The fourth-order valence-corrected chi connectivity index (χ4v) is 2.14. The van der Waals surface area contributed by atoms with Gasteiger partial charge >= 0.3 is 0 Å². The zero-order chi connectivity index (χ0) is 14.3. The van der Waals surface area contributed by atoms with E-state index < -0.39 is 0 Å². The Kier molecular flexibility index (Phi) is 6.45. The van der Waals surface area contributed by atoms with Crippen LogP contribution in [0.5, 0.6) is 0 Å². The molecule has 0 saturated carbocycles. The van der Waals surface area contributed by atoms with Gasteiger partial charge in [-0.2, -0.15) is 0 Å². The van der Waals surface area contributed by atoms with Crippen molar-refractivity contribution < 1.29 is 4.79 Å². The summed E-state index contributed by atoms with van der Waals surface area (Å²) in [6, 6.07) is 9.99. The van der Waals surface area contributed by atoms with Gasteiger partial charge < -0.3 is 11.1 Å². The maximum Gasteiger partial charge on any atom is 0.234 e. The Bertz CT molecular complexity index is 422. The van der Waals surface area contributed by atoms with E-state index in [0.29, 0.717) is 24.5 Å². The zero-order valence-electron chi connectivity index (χ0n) is 11.4. The largest absolute Gasteiger partial charge is 0.393 e. The molecule has 0 aliphatic carbocycles. The number of nitrogens with one attached hydrogen (secondary N) is 1. The van der Waals surface area contributed by atoms with Crippen LogP contribution in [-0.2, 0) is 4.79 Å². The van der Waals surface area contributed by atoms with Crippen LogP contribution in [0.25, 0.3) is 0 Å². The highest BCUT2D eigenvalue weighted by Crippen LogP contribution is 2.22. The van der Waals surface area contributed by atoms with Crippen molar-refractivity contribution in [3.63, 3.8) is 0 Å². The molecule has 1 aromatic rings. The van der Waals surface area contributed by atoms with E-state index in [-0.39, 0.29) is 11.9 Å². The standard InChI is InChI=1S/C14H21N3OS/c1-3-16-14(18)10-17(2)12(9-13(15)19)11-7-5-4-6-8-11/h4-8,12H,3,9-10H2,1-2H3,(H2,15,19)(H,16,18). The van der Waals surface area contributed by atoms with E-state index in [4.69, 9.17) is 18.0 Å². The first kappa shape index (κ1) is 15.6. The number of thiocarbonyl (C=S) groups is 1. The Morgan fingerprint density at radius 3 is 2.58 bits per heavy atom. The summed E-state index contributed by atoms with van der Waals surface area (Å²) in [5.74, 6) is 0.00821. The predicted molar refractivity (Wildman–Crippen MR) is 81.9 cm³/mol. The molecule has 0 heterocycles. The van der Waals surface area contributed by atoms with Gasteiger partial charge in [0.25, 0.3) is 0 Å². The maximum absolute atomic E-state index is 11.7. The average molecular weight is 279 g/mol. The van der Waals surface area contributed by atoms with E-state index in [9.17, 15) is 4.79 Å². The van der Waals surface area contributed by atoms with Crippen LogP contribution < -0.4 is 11.1 Å². The third-order valence-electron chi connectivity index (χ3n) is 2.88. The first-order chi connectivity index (χ1) is 9.04. The number of nitrogens with two attached hydrogens (primary N) is 1. The van der Waals surface area contributed by atoms with Crippen LogP contribution in [0, 0.1) is 0 Å². The van der Waals surface area contributed by atoms with Gasteiger partial charge in [0.2, 0.25) is 5.91 Å². The van der Waals surface area contributed by atoms with Crippen LogP contribution in [0.4, 0.5) is 0 Å². The molecule has 1 amide bonds. The van der Waals surface area contributed by atoms with Gasteiger partial charge in [-0.1, -0.05) is 42.5 Å². The Hall–Kier alpha value is -1.46. The van der Waals surface area contributed by atoms with Crippen molar-refractivity contribution in [1.82, 2.24) is 10.2 Å². The summed E-state index contributed by atoms with van der Waals surface area (Å²) in [6.45, 7) is 2.87. The van der Waals surface area contributed by atoms with E-state index in [1.807, 2.05) is 49.2 Å². The second kappa shape index (κ2) is 7.86. The molecule has 0 bridgehead atoms. The van der Waals surface area contributed by atoms with Gasteiger partial charge in [0, 0.05) is 19.0 Å². The maximum atomic E-state index is 11.7. The molecule has 0 aliphatic rings. The van der Waals surface area contributed by atoms with Crippen LogP contribution in [0.15, 0.2) is 30.3 Å². The SMILES string of the molecule is CCNC(=O)CN(C)C(CC(N)=S)c1ccccc1. The van der Waals surface area contributed by atoms with Crippen molar-refractivity contribution in [2.24, 2.45) is 5.73 Å². The van der Waals surface area contributed by atoms with Gasteiger partial charge in [0.15, 0.2) is 0 Å². The molecule has 104 valence electrons. The van der Waals surface area contributed by atoms with Gasteiger partial charge in [0.1, 0.15) is 0 Å². The lowest BCUT2D eigenvalue weighted by Gasteiger charge is -2.27. The van der Waals surface area contributed by atoms with Crippen LogP contribution >= 0.6 is 12.2 Å². The topological polar surface area (TPSA) is 58.4 Å². The second-order valence-electron chi connectivity index (χ2n) is 4.47. The van der Waals surface area contributed by atoms with E-state index in [1.54, 1.807) is 0 Å². The van der Waals surface area contributed by atoms with E-state index in [0.717, 1.165) is 5.56 Å². The molecule has 5 heteroatoms. The summed E-state index contributed by atoms with van der Waals surface area (Å²) in [6.07, 6.45) is 0.565. The Labute approximate surface area is 120 Å². The van der Waals surface area contributed by atoms with Crippen molar-refractivity contribution in [1.29, 1.82) is 0 Å². The molecule has 1 unspecified atom stereocenters. The number of amides is 1. The molecular formula is C14H21N3OS. The summed E-state index contributed by atoms with van der Waals surface area (Å²) < 4.78 is 0. The molecule has 1 rings (SSSR count). The van der Waals surface area contributed by atoms with E-state index in [2.05, 4.69) is 5.32 Å². The number of carbonyl (C=O) groups is 1. The van der Waals surface area contributed by atoms with Gasteiger partial charge in [-0.3, -0.25) is 9.69 Å². The fourth-order valence-electron chi connectivity index (χ4n) is 1.98. The molecule has 0 saturated heterocycles. The summed E-state index contributed by atoms with van der Waals surface area (Å²) in [5.41, 5.74) is 6.78. The quantitative estimate of drug-likeness (QED) is 0.742. The van der Waals surface area contributed by atoms with Crippen molar-refractivity contribution in [3.8, 4) is 0 Å². The molecule has 0 radical (unpaired) electrons. The zero-order valence-corrected chi connectivity index (χ0v) is 12.2. The molecule has 0 aliphatic heterocycles. The van der Waals surface area contributed by atoms with Crippen molar-refractivity contribution in [3.05, 3.63) is 35.9 Å². The highest BCUT2D eigenvalue weighted by Gasteiger charge is 2.19. The van der Waals surface area contributed by atoms with Crippen LogP contribution in [0.1, 0.15) is 24.9 Å². The minimum Gasteiger partial charge on any atom is -0.393 e. The van der Waals surface area contributed by atoms with Crippen molar-refractivity contribution in [2.75, 3.05) is 20.1 Å². The summed E-state index contributed by atoms with van der Waals surface area (Å²) in [5, 5.41) is 2.79. The molecule has 0 aromatic heterocycles. The predicted octanol–water partition coefficient (Wildman–Crippen LogP) is 1.47. The smallest absolute Gasteiger partial charge is 0.234 e. The number of carbonyl (C=O) groups excluding carboxylic acids is 1. The lowest BCUT2D eigenvalue weighted by Crippen LogP contribution is -2.38. The summed E-state index contributed by atoms with van der Waals surface area (Å²) >= 11 is 5.01. The van der Waals surface area contributed by atoms with Crippen molar-refractivity contribution >= 4 is 23.1 Å². The molecule has 0 fully saturated rings. The average Bonchev–Trinajstić information content (AvgIpc) is 2.37. The lowest BCUT2D eigenvalue weighted by atomic mass is 10.0. The van der Waals surface area contributed by atoms with Crippen LogP contribution in [-0.4, -0.2) is 35.9 Å². The highest BCUT2D eigenvalue weighted by molar-refractivity contribution is 7.80. The van der Waals surface area contributed by atoms with Crippen molar-refractivity contribution in [2.45, 2.75) is 19.4 Å². The minimum atomic E-state index is 0.00821. The van der Waals surface area contributed by atoms with Gasteiger partial charge in [-0.15, -0.1) is 0 Å². The molecule has 1 aromatic carbocycles. The second-order valence-corrected chi connectivity index (χ2v) is 4.99. The van der Waals surface area contributed by atoms with Crippen LogP contribution in [0.3, 0.4) is 0 Å². The number of hydrogen-bond donors (Lipinski definition) is 2. The van der Waals surface area contributed by atoms with Gasteiger partial charge in [-0.05, 0) is 19.5 Å². The third kappa shape index (κ3) is 5.36. The van der Waals surface area contributed by atoms with Gasteiger partial charge in [-0.25, -0.2) is 0 Å². The number of benzene rings is 1. The van der Waals surface area contributed by atoms with E-state index in [1.165, 1.54) is 0 Å². The Morgan fingerprint density at radius 2 is 2.05 bits per heavy atom. The van der Waals surface area contributed by atoms with Crippen LogP contribution in [0.2, 0.25) is 0 Å². The lowest BCUT2D eigenvalue weighted by molar-refractivity contribution is -0.122. The number of likely N-dealkylation sites (N-methyl/N-ethyl adjacent to an activating group) is 2. The molecule has 1 atom stereocenters. The Morgan fingerprint density at radius 1 is 1.42 bits per heavy atom. The monoisotopic (exact) mass is 279 g/mol. The van der Waals surface area contributed by atoms with Gasteiger partial charge in [0.05, 0.1) is 11.5 Å². The number of hydrogen-bond acceptors (Lipinski definition) is 3. The fraction of sp³-hybridized carbons (Fsp3) is 0.429. The number of rotatable bonds is 7. The normalized spacial score (nSPS) is 12.2. The summed E-state index contributed by atoms with van der Waals surface area (Å²) in [4.78, 5) is 14.1. The van der Waals surface area contributed by atoms with E-state index >= 15 is 0 Å². The molecule has 19 heavy (non-hydrogen) atoms. The number of nitrogens with zero attached hydrogens (tertiary/aromatic N) is 1. The first-order valence-corrected chi connectivity index (χ1v) is 6.75. The third-order valence-corrected chi connectivity index (χ3v) is 3.04. The molecule has 3 N–H and O–H groups in total. The molecule has 4 nitrogen and oxygen atoms in total. The molecule has 0 spiro atoms. The Balaban J connectivity index is 2.79. The minimum absolute atomic E-state index is 0.00821. The highest BCUT2D eigenvalue weighted by atomic mass is 32.1. The molecular weight excluding hydrogens is 258 g/mol.